The summed E-state index contributed by atoms with van der Waals surface area (Å²) in [7, 11) is 0. The van der Waals surface area contributed by atoms with Crippen molar-refractivity contribution in [2.75, 3.05) is 0 Å². The van der Waals surface area contributed by atoms with Crippen LogP contribution in [0.4, 0.5) is 0 Å². The van der Waals surface area contributed by atoms with Crippen molar-refractivity contribution in [3.05, 3.63) is 81.9 Å². The second-order valence-electron chi connectivity index (χ2n) is 8.32. The molecule has 33 heavy (non-hydrogen) atoms. The van der Waals surface area contributed by atoms with Gasteiger partial charge in [0.05, 0.1) is 22.4 Å². The molecule has 0 N–H and O–H groups in total. The minimum absolute atomic E-state index is 0.0940. The second kappa shape index (κ2) is 9.12. The molecule has 1 aliphatic heterocycles. The highest BCUT2D eigenvalue weighted by atomic mass is 35.5. The van der Waals surface area contributed by atoms with Gasteiger partial charge in [-0.3, -0.25) is 19.2 Å². The Morgan fingerprint density at radius 1 is 1.03 bits per heavy atom. The Morgan fingerprint density at radius 3 is 2.33 bits per heavy atom. The molecule has 8 heteroatoms. The van der Waals surface area contributed by atoms with Crippen molar-refractivity contribution in [1.29, 1.82) is 0 Å². The van der Waals surface area contributed by atoms with E-state index in [2.05, 4.69) is 0 Å². The number of fused-ring (bicyclic) bond motifs is 1. The van der Waals surface area contributed by atoms with E-state index < -0.39 is 41.4 Å². The molecule has 1 saturated heterocycles. The van der Waals surface area contributed by atoms with Crippen LogP contribution in [0, 0.1) is 17.8 Å². The quantitative estimate of drug-likeness (QED) is 0.346. The Bertz CT molecular complexity index is 1160. The van der Waals surface area contributed by atoms with Crippen molar-refractivity contribution in [2.24, 2.45) is 17.8 Å². The van der Waals surface area contributed by atoms with Crippen molar-refractivity contribution < 1.29 is 19.2 Å². The number of hydrogen-bond donors (Lipinski definition) is 0. The molecule has 4 atom stereocenters. The average molecular weight is 485 g/mol. The number of ketones is 1. The maximum absolute atomic E-state index is 13.7. The van der Waals surface area contributed by atoms with Crippen LogP contribution in [0.2, 0.25) is 10.0 Å². The number of hydrazine groups is 1. The van der Waals surface area contributed by atoms with Crippen LogP contribution in [0.3, 0.4) is 0 Å². The van der Waals surface area contributed by atoms with E-state index in [9.17, 15) is 19.2 Å². The summed E-state index contributed by atoms with van der Waals surface area (Å²) < 4.78 is 0. The molecule has 0 unspecified atom stereocenters. The van der Waals surface area contributed by atoms with E-state index >= 15 is 0 Å². The first kappa shape index (κ1) is 23.2. The summed E-state index contributed by atoms with van der Waals surface area (Å²) in [6.45, 7) is 3.36. The Kier molecular flexibility index (Phi) is 6.41. The molecule has 1 heterocycles. The third-order valence-corrected chi connectivity index (χ3v) is 6.83. The maximum Gasteiger partial charge on any atom is 0.275 e. The van der Waals surface area contributed by atoms with Gasteiger partial charge in [-0.05, 0) is 55.7 Å². The van der Waals surface area contributed by atoms with Crippen LogP contribution in [-0.2, 0) is 9.59 Å². The molecule has 0 spiro atoms. The fraction of sp³-hybridized carbons (Fsp3) is 0.280. The highest BCUT2D eigenvalue weighted by Gasteiger charge is 2.54. The van der Waals surface area contributed by atoms with Gasteiger partial charge in [-0.2, -0.15) is 5.01 Å². The zero-order valence-corrected chi connectivity index (χ0v) is 19.6. The summed E-state index contributed by atoms with van der Waals surface area (Å²) in [4.78, 5) is 53.8. The monoisotopic (exact) mass is 484 g/mol. The number of rotatable bonds is 5. The van der Waals surface area contributed by atoms with Crippen LogP contribution in [-0.4, -0.2) is 39.6 Å². The van der Waals surface area contributed by atoms with Gasteiger partial charge >= 0.3 is 0 Å². The Balaban J connectivity index is 1.78. The summed E-state index contributed by atoms with van der Waals surface area (Å²) in [5, 5.41) is 2.44. The van der Waals surface area contributed by atoms with Crippen molar-refractivity contribution in [2.45, 2.75) is 26.3 Å². The number of benzene rings is 2. The first-order chi connectivity index (χ1) is 15.7. The molecule has 0 bridgehead atoms. The average Bonchev–Trinajstić information content (AvgIpc) is 3.05. The minimum Gasteiger partial charge on any atom is -0.292 e. The SMILES string of the molecule is C[C@@H]1C=CC[C@@H]2C(=O)N(N(C(=O)c3ccccc3Cl)[C@H](C)C(=O)c3ccc(Cl)cc3)C(=O)[C@H]12. The Hall–Kier alpha value is -2.96. The number of Topliss-reactive ketones (excluding diaryl/α,β-unsaturated/α-hetero) is 1. The first-order valence-electron chi connectivity index (χ1n) is 10.6. The van der Waals surface area contributed by atoms with Crippen molar-refractivity contribution in [3.8, 4) is 0 Å². The number of hydrogen-bond acceptors (Lipinski definition) is 4. The number of allylic oxidation sites excluding steroid dienone is 2. The fourth-order valence-electron chi connectivity index (χ4n) is 4.51. The number of amides is 3. The number of nitrogens with zero attached hydrogens (tertiary/aromatic N) is 2. The fourth-order valence-corrected chi connectivity index (χ4v) is 4.85. The highest BCUT2D eigenvalue weighted by molar-refractivity contribution is 6.34. The van der Waals surface area contributed by atoms with E-state index in [-0.39, 0.29) is 16.5 Å². The summed E-state index contributed by atoms with van der Waals surface area (Å²) in [5.74, 6) is -3.43. The lowest BCUT2D eigenvalue weighted by Crippen LogP contribution is -2.56. The smallest absolute Gasteiger partial charge is 0.275 e. The Morgan fingerprint density at radius 2 is 1.70 bits per heavy atom. The van der Waals surface area contributed by atoms with Gasteiger partial charge in [0.1, 0.15) is 6.04 Å². The topological polar surface area (TPSA) is 74.8 Å². The number of halogens is 2. The third kappa shape index (κ3) is 4.09. The minimum atomic E-state index is -1.15. The summed E-state index contributed by atoms with van der Waals surface area (Å²) in [5.41, 5.74) is 0.395. The van der Waals surface area contributed by atoms with Crippen LogP contribution < -0.4 is 0 Å². The van der Waals surface area contributed by atoms with Gasteiger partial charge in [-0.1, -0.05) is 54.4 Å². The van der Waals surface area contributed by atoms with Crippen LogP contribution >= 0.6 is 23.2 Å². The summed E-state index contributed by atoms with van der Waals surface area (Å²) >= 11 is 12.2. The molecular formula is C25H22Cl2N2O4. The van der Waals surface area contributed by atoms with Gasteiger partial charge in [0.25, 0.3) is 17.7 Å². The molecule has 1 fully saturated rings. The standard InChI is InChI=1S/C25H22Cl2N2O4/c1-14-6-5-8-19-21(14)25(33)29(24(19)32)28(23(31)18-7-3-4-9-20(18)27)15(2)22(30)16-10-12-17(26)13-11-16/h3-7,9-15,19,21H,8H2,1-2H3/t14-,15-,19+,21-/m1/s1. The number of carbonyl (C=O) groups excluding carboxylic acids is 4. The van der Waals surface area contributed by atoms with Gasteiger partial charge < -0.3 is 0 Å². The molecule has 1 aliphatic carbocycles. The van der Waals surface area contributed by atoms with Crippen molar-refractivity contribution in [1.82, 2.24) is 10.0 Å². The zero-order chi connectivity index (χ0) is 23.9. The summed E-state index contributed by atoms with van der Waals surface area (Å²) in [6.07, 6.45) is 4.19. The highest BCUT2D eigenvalue weighted by Crippen LogP contribution is 2.40. The van der Waals surface area contributed by atoms with Gasteiger partial charge in [0, 0.05) is 10.6 Å². The largest absolute Gasteiger partial charge is 0.292 e. The van der Waals surface area contributed by atoms with Gasteiger partial charge in [-0.25, -0.2) is 5.01 Å². The molecule has 2 aromatic rings. The van der Waals surface area contributed by atoms with E-state index in [0.29, 0.717) is 17.0 Å². The number of carbonyl (C=O) groups is 4. The molecule has 4 rings (SSSR count). The zero-order valence-electron chi connectivity index (χ0n) is 18.1. The van der Waals surface area contributed by atoms with Crippen LogP contribution in [0.5, 0.6) is 0 Å². The molecule has 170 valence electrons. The second-order valence-corrected chi connectivity index (χ2v) is 9.16. The predicted molar refractivity (Wildman–Crippen MR) is 125 cm³/mol. The van der Waals surface area contributed by atoms with Crippen molar-refractivity contribution >= 4 is 46.7 Å². The third-order valence-electron chi connectivity index (χ3n) is 6.25. The molecule has 0 saturated carbocycles. The Labute approximate surface area is 201 Å². The van der Waals surface area contributed by atoms with Crippen molar-refractivity contribution in [3.63, 3.8) is 0 Å². The van der Waals surface area contributed by atoms with Gasteiger partial charge in [0.2, 0.25) is 0 Å². The number of imide groups is 1. The summed E-state index contributed by atoms with van der Waals surface area (Å²) in [6, 6.07) is 11.4. The molecule has 6 nitrogen and oxygen atoms in total. The maximum atomic E-state index is 13.7. The molecule has 2 aromatic carbocycles. The van der Waals surface area contributed by atoms with E-state index in [1.165, 1.54) is 19.1 Å². The van der Waals surface area contributed by atoms with Gasteiger partial charge in [-0.15, -0.1) is 0 Å². The molecule has 3 amide bonds. The lowest BCUT2D eigenvalue weighted by Gasteiger charge is -2.35. The lowest BCUT2D eigenvalue weighted by atomic mass is 9.78. The van der Waals surface area contributed by atoms with Gasteiger partial charge in [0.15, 0.2) is 5.78 Å². The van der Waals surface area contributed by atoms with E-state index in [1.54, 1.807) is 36.4 Å². The normalized spacial score (nSPS) is 22.8. The van der Waals surface area contributed by atoms with Crippen LogP contribution in [0.25, 0.3) is 0 Å². The molecule has 0 aromatic heterocycles. The predicted octanol–water partition coefficient (Wildman–Crippen LogP) is 4.82. The first-order valence-corrected chi connectivity index (χ1v) is 11.4. The van der Waals surface area contributed by atoms with E-state index in [4.69, 9.17) is 23.2 Å². The van der Waals surface area contributed by atoms with Crippen LogP contribution in [0.1, 0.15) is 41.0 Å². The molecular weight excluding hydrogens is 463 g/mol. The molecule has 0 radical (unpaired) electrons. The van der Waals surface area contributed by atoms with E-state index in [0.717, 1.165) is 10.0 Å². The van der Waals surface area contributed by atoms with E-state index in [1.807, 2.05) is 19.1 Å². The van der Waals surface area contributed by atoms with Crippen LogP contribution in [0.15, 0.2) is 60.7 Å². The molecule has 2 aliphatic rings. The lowest BCUT2D eigenvalue weighted by molar-refractivity contribution is -0.156.